The Morgan fingerprint density at radius 1 is 1.18 bits per heavy atom. The second-order valence-corrected chi connectivity index (χ2v) is 12.0. The Hall–Kier alpha value is -1.29. The summed E-state index contributed by atoms with van der Waals surface area (Å²) in [5.74, 6) is 1.81. The van der Waals surface area contributed by atoms with Gasteiger partial charge in [-0.1, -0.05) is 26.8 Å². The van der Waals surface area contributed by atoms with Crippen molar-refractivity contribution in [2.24, 2.45) is 0 Å². The van der Waals surface area contributed by atoms with Crippen molar-refractivity contribution in [3.63, 3.8) is 0 Å². The summed E-state index contributed by atoms with van der Waals surface area (Å²) in [6.07, 6.45) is 1.31. The van der Waals surface area contributed by atoms with Crippen LogP contribution in [0.1, 0.15) is 46.6 Å². The quantitative estimate of drug-likeness (QED) is 0.663. The second kappa shape index (κ2) is 7.31. The number of hydrogen-bond donors (Lipinski definition) is 0. The molecule has 124 valence electrons. The predicted molar refractivity (Wildman–Crippen MR) is 94.4 cm³/mol. The van der Waals surface area contributed by atoms with Crippen LogP contribution in [0.3, 0.4) is 0 Å². The molecule has 0 aromatic heterocycles. The van der Waals surface area contributed by atoms with E-state index in [4.69, 9.17) is 9.16 Å². The molecule has 0 heterocycles. The molecule has 3 nitrogen and oxygen atoms in total. The molecule has 0 amide bonds. The molecular weight excluding hydrogens is 292 g/mol. The number of rotatable bonds is 7. The first-order valence-corrected chi connectivity index (χ1v) is 10.9. The number of ether oxygens (including phenoxy) is 1. The largest absolute Gasteiger partial charge is 0.541 e. The van der Waals surface area contributed by atoms with Crippen LogP contribution in [0.4, 0.5) is 0 Å². The van der Waals surface area contributed by atoms with Crippen LogP contribution < -0.4 is 9.16 Å². The Balaban J connectivity index is 3.02. The topological polar surface area (TPSA) is 35.5 Å². The van der Waals surface area contributed by atoms with Gasteiger partial charge in [0.2, 0.25) is 0 Å². The SMILES string of the molecule is CCOc1cc(CCC(C)=O)ccc1O[Si](C)(C)C(C)(C)C. The summed E-state index contributed by atoms with van der Waals surface area (Å²) in [6, 6.07) is 6.03. The minimum Gasteiger partial charge on any atom is -0.541 e. The summed E-state index contributed by atoms with van der Waals surface area (Å²) in [5, 5.41) is 0.143. The third-order valence-corrected chi connectivity index (χ3v) is 8.59. The van der Waals surface area contributed by atoms with Crippen LogP contribution in [0, 0.1) is 0 Å². The highest BCUT2D eigenvalue weighted by Crippen LogP contribution is 2.40. The number of carbonyl (C=O) groups is 1. The number of benzene rings is 1. The number of carbonyl (C=O) groups excluding carboxylic acids is 1. The van der Waals surface area contributed by atoms with E-state index in [9.17, 15) is 4.79 Å². The fraction of sp³-hybridized carbons (Fsp3) is 0.611. The van der Waals surface area contributed by atoms with Crippen LogP contribution >= 0.6 is 0 Å². The Kier molecular flexibility index (Phi) is 6.24. The van der Waals surface area contributed by atoms with Crippen LogP contribution in [0.25, 0.3) is 0 Å². The Morgan fingerprint density at radius 2 is 1.82 bits per heavy atom. The van der Waals surface area contributed by atoms with Crippen molar-refractivity contribution >= 4 is 14.1 Å². The molecule has 0 aliphatic carbocycles. The van der Waals surface area contributed by atoms with E-state index < -0.39 is 8.32 Å². The number of Topliss-reactive ketones (excluding diaryl/α,β-unsaturated/α-hetero) is 1. The zero-order valence-electron chi connectivity index (χ0n) is 15.1. The normalized spacial score (nSPS) is 12.1. The minimum atomic E-state index is -1.89. The highest BCUT2D eigenvalue weighted by molar-refractivity contribution is 6.74. The van der Waals surface area contributed by atoms with Gasteiger partial charge in [-0.2, -0.15) is 0 Å². The third-order valence-electron chi connectivity index (χ3n) is 4.25. The average molecular weight is 323 g/mol. The van der Waals surface area contributed by atoms with Gasteiger partial charge < -0.3 is 14.0 Å². The van der Waals surface area contributed by atoms with Crippen molar-refractivity contribution in [1.29, 1.82) is 0 Å². The van der Waals surface area contributed by atoms with Crippen molar-refractivity contribution in [3.8, 4) is 11.5 Å². The minimum absolute atomic E-state index is 0.143. The molecule has 0 unspecified atom stereocenters. The first kappa shape index (κ1) is 18.8. The molecule has 0 radical (unpaired) electrons. The Labute approximate surface area is 136 Å². The van der Waals surface area contributed by atoms with Gasteiger partial charge in [-0.25, -0.2) is 0 Å². The van der Waals surface area contributed by atoms with E-state index >= 15 is 0 Å². The van der Waals surface area contributed by atoms with Gasteiger partial charge in [0.05, 0.1) is 6.61 Å². The maximum atomic E-state index is 11.1. The molecule has 0 saturated heterocycles. The summed E-state index contributed by atoms with van der Waals surface area (Å²) in [7, 11) is -1.89. The van der Waals surface area contributed by atoms with E-state index in [1.807, 2.05) is 25.1 Å². The van der Waals surface area contributed by atoms with Gasteiger partial charge in [-0.15, -0.1) is 0 Å². The lowest BCUT2D eigenvalue weighted by atomic mass is 10.1. The lowest BCUT2D eigenvalue weighted by molar-refractivity contribution is -0.116. The second-order valence-electron chi connectivity index (χ2n) is 7.28. The number of ketones is 1. The van der Waals surface area contributed by atoms with Gasteiger partial charge in [0, 0.05) is 6.42 Å². The van der Waals surface area contributed by atoms with Gasteiger partial charge in [0.15, 0.2) is 5.75 Å². The third kappa shape index (κ3) is 5.16. The van der Waals surface area contributed by atoms with Crippen molar-refractivity contribution in [2.75, 3.05) is 6.61 Å². The summed E-state index contributed by atoms with van der Waals surface area (Å²) in [6.45, 7) is 15.3. The van der Waals surface area contributed by atoms with Crippen LogP contribution in [-0.2, 0) is 11.2 Å². The van der Waals surface area contributed by atoms with E-state index in [1.165, 1.54) is 0 Å². The molecule has 0 bridgehead atoms. The van der Waals surface area contributed by atoms with E-state index in [0.29, 0.717) is 13.0 Å². The summed E-state index contributed by atoms with van der Waals surface area (Å²) >= 11 is 0. The first-order chi connectivity index (χ1) is 10.1. The van der Waals surface area contributed by atoms with E-state index in [2.05, 4.69) is 33.9 Å². The molecular formula is C18H30O3Si. The zero-order valence-corrected chi connectivity index (χ0v) is 16.1. The molecule has 0 fully saturated rings. The highest BCUT2D eigenvalue weighted by atomic mass is 28.4. The van der Waals surface area contributed by atoms with Crippen LogP contribution in [0.2, 0.25) is 18.1 Å². The molecule has 1 rings (SSSR count). The number of hydrogen-bond acceptors (Lipinski definition) is 3. The molecule has 0 saturated carbocycles. The maximum absolute atomic E-state index is 11.1. The highest BCUT2D eigenvalue weighted by Gasteiger charge is 2.39. The van der Waals surface area contributed by atoms with Crippen molar-refractivity contribution in [1.82, 2.24) is 0 Å². The lowest BCUT2D eigenvalue weighted by Gasteiger charge is -2.36. The molecule has 0 aliphatic heterocycles. The fourth-order valence-corrected chi connectivity index (χ4v) is 2.83. The number of aryl methyl sites for hydroxylation is 1. The smallest absolute Gasteiger partial charge is 0.250 e. The first-order valence-electron chi connectivity index (χ1n) is 8.01. The summed E-state index contributed by atoms with van der Waals surface area (Å²) in [4.78, 5) is 11.1. The van der Waals surface area contributed by atoms with Gasteiger partial charge >= 0.3 is 0 Å². The monoisotopic (exact) mass is 322 g/mol. The molecule has 4 heteroatoms. The maximum Gasteiger partial charge on any atom is 0.250 e. The predicted octanol–water partition coefficient (Wildman–Crippen LogP) is 4.99. The standard InChI is InChI=1S/C18H30O3Si/c1-8-20-17-13-15(10-9-14(2)19)11-12-16(17)21-22(6,7)18(3,4)5/h11-13H,8-10H2,1-7H3. The van der Waals surface area contributed by atoms with Crippen LogP contribution in [-0.4, -0.2) is 20.7 Å². The molecule has 1 aromatic rings. The molecule has 0 N–H and O–H groups in total. The van der Waals surface area contributed by atoms with Gasteiger partial charge in [-0.3, -0.25) is 0 Å². The van der Waals surface area contributed by atoms with Gasteiger partial charge in [0.1, 0.15) is 11.5 Å². The summed E-state index contributed by atoms with van der Waals surface area (Å²) in [5.41, 5.74) is 1.11. The average Bonchev–Trinajstić information content (AvgIpc) is 2.37. The summed E-state index contributed by atoms with van der Waals surface area (Å²) < 4.78 is 12.1. The van der Waals surface area contributed by atoms with Gasteiger partial charge in [-0.05, 0) is 56.1 Å². The Morgan fingerprint density at radius 3 is 2.32 bits per heavy atom. The molecule has 0 aliphatic rings. The van der Waals surface area contributed by atoms with E-state index in [-0.39, 0.29) is 10.8 Å². The lowest BCUT2D eigenvalue weighted by Crippen LogP contribution is -2.43. The molecule has 0 spiro atoms. The van der Waals surface area contributed by atoms with Crippen LogP contribution in [0.15, 0.2) is 18.2 Å². The molecule has 22 heavy (non-hydrogen) atoms. The molecule has 1 aromatic carbocycles. The van der Waals surface area contributed by atoms with Crippen molar-refractivity contribution in [2.45, 2.75) is 65.6 Å². The fourth-order valence-electron chi connectivity index (χ4n) is 1.81. The van der Waals surface area contributed by atoms with Crippen LogP contribution in [0.5, 0.6) is 11.5 Å². The Bertz CT molecular complexity index is 516. The van der Waals surface area contributed by atoms with Crippen molar-refractivity contribution in [3.05, 3.63) is 23.8 Å². The van der Waals surface area contributed by atoms with Gasteiger partial charge in [0.25, 0.3) is 8.32 Å². The van der Waals surface area contributed by atoms with Crippen molar-refractivity contribution < 1.29 is 14.0 Å². The zero-order chi connectivity index (χ0) is 17.0. The van der Waals surface area contributed by atoms with E-state index in [0.717, 1.165) is 23.5 Å². The van der Waals surface area contributed by atoms with E-state index in [1.54, 1.807) is 6.92 Å². The molecule has 0 atom stereocenters.